The highest BCUT2D eigenvalue weighted by atomic mass is 32.1. The monoisotopic (exact) mass is 535 g/mol. The molecule has 0 saturated carbocycles. The molecule has 3 heterocycles. The van der Waals surface area contributed by atoms with E-state index in [0.717, 1.165) is 41.0 Å². The summed E-state index contributed by atoms with van der Waals surface area (Å²) in [4.78, 5) is 24.1. The normalized spacial score (nSPS) is 13.5. The molecule has 0 radical (unpaired) electrons. The maximum Gasteiger partial charge on any atom is 0.224 e. The van der Waals surface area contributed by atoms with Crippen LogP contribution in [-0.4, -0.2) is 60.0 Å². The largest absolute Gasteiger partial charge is 0.497 e. The maximum atomic E-state index is 13.2. The van der Waals surface area contributed by atoms with E-state index >= 15 is 0 Å². The number of aromatic nitrogens is 2. The van der Waals surface area contributed by atoms with Crippen LogP contribution in [0.4, 0.5) is 15.2 Å². The maximum absolute atomic E-state index is 13.2. The average Bonchev–Trinajstić information content (AvgIpc) is 3.65. The summed E-state index contributed by atoms with van der Waals surface area (Å²) in [5, 5.41) is 0.732. The number of anilines is 2. The molecule has 0 aliphatic carbocycles. The van der Waals surface area contributed by atoms with Crippen molar-refractivity contribution >= 4 is 28.3 Å². The highest BCUT2D eigenvalue weighted by Gasteiger charge is 2.23. The van der Waals surface area contributed by atoms with E-state index in [1.165, 1.54) is 23.7 Å². The van der Waals surface area contributed by atoms with Crippen LogP contribution in [-0.2, 0) is 17.8 Å². The van der Waals surface area contributed by atoms with Gasteiger partial charge in [-0.15, -0.1) is 0 Å². The van der Waals surface area contributed by atoms with Gasteiger partial charge in [-0.2, -0.15) is 4.37 Å². The Morgan fingerprint density at radius 2 is 1.84 bits per heavy atom. The summed E-state index contributed by atoms with van der Waals surface area (Å²) in [6, 6.07) is 18.1. The van der Waals surface area contributed by atoms with Gasteiger partial charge in [-0.05, 0) is 54.1 Å². The highest BCUT2D eigenvalue weighted by molar-refractivity contribution is 7.09. The van der Waals surface area contributed by atoms with Gasteiger partial charge < -0.3 is 23.9 Å². The topological polar surface area (TPSA) is 74.9 Å². The van der Waals surface area contributed by atoms with Gasteiger partial charge in [0.1, 0.15) is 23.2 Å². The van der Waals surface area contributed by atoms with Crippen LogP contribution in [0.3, 0.4) is 0 Å². The summed E-state index contributed by atoms with van der Waals surface area (Å²) < 4.78 is 28.6. The predicted octanol–water partition coefficient (Wildman–Crippen LogP) is 4.62. The lowest BCUT2D eigenvalue weighted by molar-refractivity contribution is -0.131. The fraction of sp³-hybridized carbons (Fsp3) is 0.321. The minimum Gasteiger partial charge on any atom is -0.497 e. The second kappa shape index (κ2) is 12.1. The molecule has 2 aromatic heterocycles. The van der Waals surface area contributed by atoms with Crippen LogP contribution in [0, 0.1) is 5.82 Å². The first-order valence-electron chi connectivity index (χ1n) is 12.6. The number of carbonyl (C=O) groups excluding carboxylic acids is 1. The Balaban J connectivity index is 1.18. The zero-order valence-electron chi connectivity index (χ0n) is 21.3. The van der Waals surface area contributed by atoms with Crippen LogP contribution in [0.5, 0.6) is 5.75 Å². The van der Waals surface area contributed by atoms with E-state index in [4.69, 9.17) is 14.1 Å². The van der Waals surface area contributed by atoms with E-state index in [0.29, 0.717) is 44.8 Å². The number of benzene rings is 2. The molecular weight excluding hydrogens is 505 g/mol. The third-order valence-corrected chi connectivity index (χ3v) is 7.41. The van der Waals surface area contributed by atoms with E-state index < -0.39 is 0 Å². The summed E-state index contributed by atoms with van der Waals surface area (Å²) in [5.41, 5.74) is 2.08. The third-order valence-electron chi connectivity index (χ3n) is 6.60. The molecule has 1 aliphatic heterocycles. The first kappa shape index (κ1) is 25.7. The number of methoxy groups -OCH3 is 1. The number of amides is 1. The first-order chi connectivity index (χ1) is 18.6. The summed E-state index contributed by atoms with van der Waals surface area (Å²) in [5.74, 6) is 2.15. The van der Waals surface area contributed by atoms with E-state index in [-0.39, 0.29) is 11.7 Å². The number of nitrogens with zero attached hydrogens (tertiary/aromatic N) is 5. The fourth-order valence-electron chi connectivity index (χ4n) is 4.46. The third kappa shape index (κ3) is 6.49. The van der Waals surface area contributed by atoms with Gasteiger partial charge in [0.2, 0.25) is 11.0 Å². The summed E-state index contributed by atoms with van der Waals surface area (Å²) >= 11 is 1.30. The van der Waals surface area contributed by atoms with Crippen LogP contribution >= 0.6 is 11.5 Å². The smallest absolute Gasteiger partial charge is 0.224 e. The van der Waals surface area contributed by atoms with Crippen molar-refractivity contribution in [3.63, 3.8) is 0 Å². The van der Waals surface area contributed by atoms with Crippen LogP contribution in [0.2, 0.25) is 0 Å². The van der Waals surface area contributed by atoms with Crippen molar-refractivity contribution in [2.45, 2.75) is 19.4 Å². The van der Waals surface area contributed by atoms with E-state index in [1.807, 2.05) is 34.1 Å². The minimum atomic E-state index is -0.267. The molecule has 38 heavy (non-hydrogen) atoms. The summed E-state index contributed by atoms with van der Waals surface area (Å²) in [6.07, 6.45) is 2.53. The number of furan rings is 1. The van der Waals surface area contributed by atoms with Crippen LogP contribution in [0.25, 0.3) is 0 Å². The molecule has 1 saturated heterocycles. The molecule has 0 bridgehead atoms. The average molecular weight is 536 g/mol. The standard InChI is InChI=1S/C28H30FN5O3S/c1-36-24-10-8-23(9-11-24)32-14-16-33(17-15-32)27(35)12-13-34(20-25-3-2-18-37-25)28-30-26(31-38-28)19-21-4-6-22(29)7-5-21/h2-11,18H,12-17,19-20H2,1H3. The number of piperazine rings is 1. The van der Waals surface area contributed by atoms with Crippen molar-refractivity contribution in [2.75, 3.05) is 49.6 Å². The molecule has 1 amide bonds. The second-order valence-corrected chi connectivity index (χ2v) is 9.84. The summed E-state index contributed by atoms with van der Waals surface area (Å²) in [6.45, 7) is 3.95. The zero-order valence-corrected chi connectivity index (χ0v) is 22.1. The van der Waals surface area contributed by atoms with Crippen molar-refractivity contribution in [1.82, 2.24) is 14.3 Å². The number of hydrogen-bond acceptors (Lipinski definition) is 8. The van der Waals surface area contributed by atoms with Crippen molar-refractivity contribution in [3.05, 3.63) is 89.9 Å². The van der Waals surface area contributed by atoms with Gasteiger partial charge in [0.25, 0.3) is 0 Å². The fourth-order valence-corrected chi connectivity index (χ4v) is 5.17. The van der Waals surface area contributed by atoms with Gasteiger partial charge in [-0.1, -0.05) is 12.1 Å². The Kier molecular flexibility index (Phi) is 8.18. The molecule has 0 atom stereocenters. The molecule has 0 unspecified atom stereocenters. The predicted molar refractivity (Wildman–Crippen MR) is 145 cm³/mol. The van der Waals surface area contributed by atoms with Crippen molar-refractivity contribution in [3.8, 4) is 5.75 Å². The number of carbonyl (C=O) groups is 1. The van der Waals surface area contributed by atoms with Crippen molar-refractivity contribution < 1.29 is 18.3 Å². The summed E-state index contributed by atoms with van der Waals surface area (Å²) in [7, 11) is 1.66. The number of ether oxygens (including phenoxy) is 1. The van der Waals surface area contributed by atoms with Crippen LogP contribution in [0.15, 0.2) is 71.3 Å². The lowest BCUT2D eigenvalue weighted by atomic mass is 10.1. The SMILES string of the molecule is COc1ccc(N2CCN(C(=O)CCN(Cc3ccco3)c3nc(Cc4ccc(F)cc4)ns3)CC2)cc1. The quantitative estimate of drug-likeness (QED) is 0.294. The van der Waals surface area contributed by atoms with E-state index in [9.17, 15) is 9.18 Å². The van der Waals surface area contributed by atoms with Crippen molar-refractivity contribution in [2.24, 2.45) is 0 Å². The zero-order chi connectivity index (χ0) is 26.3. The van der Waals surface area contributed by atoms with Gasteiger partial charge in [0.05, 0.1) is 19.9 Å². The molecule has 0 spiro atoms. The molecular formula is C28H30FN5O3S. The Morgan fingerprint density at radius 1 is 1.08 bits per heavy atom. The molecule has 4 aromatic rings. The van der Waals surface area contributed by atoms with Gasteiger partial charge in [0.15, 0.2) is 0 Å². The van der Waals surface area contributed by atoms with E-state index in [2.05, 4.69) is 21.4 Å². The lowest BCUT2D eigenvalue weighted by Crippen LogP contribution is -2.49. The molecule has 10 heteroatoms. The lowest BCUT2D eigenvalue weighted by Gasteiger charge is -2.36. The molecule has 1 fully saturated rings. The molecule has 1 aliphatic rings. The molecule has 0 N–H and O–H groups in total. The molecule has 5 rings (SSSR count). The molecule has 2 aromatic carbocycles. The molecule has 198 valence electrons. The number of halogens is 1. The molecule has 8 nitrogen and oxygen atoms in total. The Bertz CT molecular complexity index is 1300. The Morgan fingerprint density at radius 3 is 2.53 bits per heavy atom. The van der Waals surface area contributed by atoms with Crippen LogP contribution in [0.1, 0.15) is 23.6 Å². The second-order valence-electron chi connectivity index (χ2n) is 9.11. The van der Waals surface area contributed by atoms with Gasteiger partial charge in [-0.25, -0.2) is 9.37 Å². The van der Waals surface area contributed by atoms with Crippen LogP contribution < -0.4 is 14.5 Å². The highest BCUT2D eigenvalue weighted by Crippen LogP contribution is 2.23. The van der Waals surface area contributed by atoms with Gasteiger partial charge in [-0.3, -0.25) is 4.79 Å². The van der Waals surface area contributed by atoms with Gasteiger partial charge >= 0.3 is 0 Å². The van der Waals surface area contributed by atoms with Gasteiger partial charge in [0, 0.05) is 62.8 Å². The number of hydrogen-bond donors (Lipinski definition) is 0. The number of rotatable bonds is 10. The van der Waals surface area contributed by atoms with Crippen molar-refractivity contribution in [1.29, 1.82) is 0 Å². The Hall–Kier alpha value is -3.92. The Labute approximate surface area is 225 Å². The van der Waals surface area contributed by atoms with E-state index in [1.54, 1.807) is 25.5 Å². The first-order valence-corrected chi connectivity index (χ1v) is 13.4. The minimum absolute atomic E-state index is 0.125.